The highest BCUT2D eigenvalue weighted by atomic mass is 16.5. The highest BCUT2D eigenvalue weighted by Crippen LogP contribution is 2.34. The van der Waals surface area contributed by atoms with Gasteiger partial charge in [-0.2, -0.15) is 0 Å². The number of furan rings is 1. The molecular weight excluding hydrogens is 328 g/mol. The van der Waals surface area contributed by atoms with E-state index >= 15 is 0 Å². The molecule has 1 aromatic heterocycles. The molecule has 2 amide bonds. The Morgan fingerprint density at radius 2 is 1.68 bits per heavy atom. The molecule has 1 aromatic carbocycles. The number of amides is 2. The maximum absolute atomic E-state index is 11.9. The highest BCUT2D eigenvalue weighted by molar-refractivity contribution is 5.94. The van der Waals surface area contributed by atoms with Gasteiger partial charge in [0.2, 0.25) is 5.91 Å². The molecule has 0 spiro atoms. The molecule has 0 unspecified atom stereocenters. The van der Waals surface area contributed by atoms with Gasteiger partial charge in [-0.05, 0) is 18.2 Å². The van der Waals surface area contributed by atoms with Crippen LogP contribution in [0.2, 0.25) is 0 Å². The van der Waals surface area contributed by atoms with Gasteiger partial charge in [0.15, 0.2) is 17.3 Å². The van der Waals surface area contributed by atoms with Crippen LogP contribution >= 0.6 is 0 Å². The number of methoxy groups -OCH3 is 3. The van der Waals surface area contributed by atoms with E-state index < -0.39 is 5.91 Å². The van der Waals surface area contributed by atoms with Crippen molar-refractivity contribution in [2.45, 2.75) is 6.54 Å². The Morgan fingerprint density at radius 1 is 1.00 bits per heavy atom. The van der Waals surface area contributed by atoms with E-state index in [0.717, 1.165) is 0 Å². The minimum Gasteiger partial charge on any atom is -0.496 e. The van der Waals surface area contributed by atoms with Crippen LogP contribution in [0.1, 0.15) is 16.1 Å². The maximum atomic E-state index is 11.9. The zero-order chi connectivity index (χ0) is 18.2. The Balaban J connectivity index is 1.93. The first-order valence-electron chi connectivity index (χ1n) is 7.46. The van der Waals surface area contributed by atoms with Gasteiger partial charge >= 0.3 is 0 Å². The van der Waals surface area contributed by atoms with E-state index in [2.05, 4.69) is 10.6 Å². The van der Waals surface area contributed by atoms with Crippen molar-refractivity contribution in [2.75, 3.05) is 27.9 Å². The fourth-order valence-corrected chi connectivity index (χ4v) is 2.14. The van der Waals surface area contributed by atoms with Gasteiger partial charge < -0.3 is 29.3 Å². The second-order valence-corrected chi connectivity index (χ2v) is 4.96. The molecule has 0 atom stereocenters. The molecule has 0 aliphatic carbocycles. The Bertz CT molecular complexity index is 727. The molecule has 0 aliphatic rings. The standard InChI is InChI=1S/C17H20N2O6/c1-22-13-8-15(24-3)14(23-2)7-11(13)9-18-16(20)10-19-17(21)12-5-4-6-25-12/h4-8H,9-10H2,1-3H3,(H,18,20)(H,19,21). The monoisotopic (exact) mass is 348 g/mol. The second-order valence-electron chi connectivity index (χ2n) is 4.96. The van der Waals surface area contributed by atoms with Gasteiger partial charge in [0.1, 0.15) is 5.75 Å². The van der Waals surface area contributed by atoms with E-state index in [1.165, 1.54) is 33.7 Å². The van der Waals surface area contributed by atoms with Crippen molar-refractivity contribution in [3.05, 3.63) is 41.9 Å². The fraction of sp³-hybridized carbons (Fsp3) is 0.294. The molecule has 8 heteroatoms. The van der Waals surface area contributed by atoms with Crippen LogP contribution < -0.4 is 24.8 Å². The maximum Gasteiger partial charge on any atom is 0.287 e. The summed E-state index contributed by atoms with van der Waals surface area (Å²) in [4.78, 5) is 23.6. The molecule has 0 aliphatic heterocycles. The van der Waals surface area contributed by atoms with Crippen LogP contribution in [0.5, 0.6) is 17.2 Å². The SMILES string of the molecule is COc1cc(OC)c(OC)cc1CNC(=O)CNC(=O)c1ccco1. The van der Waals surface area contributed by atoms with Crippen LogP contribution in [0.3, 0.4) is 0 Å². The van der Waals surface area contributed by atoms with Crippen molar-refractivity contribution >= 4 is 11.8 Å². The fourth-order valence-electron chi connectivity index (χ4n) is 2.14. The quantitative estimate of drug-likeness (QED) is 0.747. The number of benzene rings is 1. The normalized spacial score (nSPS) is 10.0. The average Bonchev–Trinajstić information content (AvgIpc) is 3.18. The Morgan fingerprint density at radius 3 is 2.28 bits per heavy atom. The summed E-state index contributed by atoms with van der Waals surface area (Å²) in [7, 11) is 4.58. The number of carbonyl (C=O) groups excluding carboxylic acids is 2. The zero-order valence-electron chi connectivity index (χ0n) is 14.3. The summed E-state index contributed by atoms with van der Waals surface area (Å²) >= 11 is 0. The minimum atomic E-state index is -0.455. The lowest BCUT2D eigenvalue weighted by Gasteiger charge is -2.14. The van der Waals surface area contributed by atoms with E-state index in [1.54, 1.807) is 18.2 Å². The van der Waals surface area contributed by atoms with Crippen LogP contribution in [0, 0.1) is 0 Å². The molecule has 2 rings (SSSR count). The molecule has 8 nitrogen and oxygen atoms in total. The first-order chi connectivity index (χ1) is 12.1. The lowest BCUT2D eigenvalue weighted by atomic mass is 10.1. The summed E-state index contributed by atoms with van der Waals surface area (Å²) in [5.74, 6) is 0.950. The molecule has 0 saturated carbocycles. The molecule has 0 fully saturated rings. The molecule has 2 aromatic rings. The van der Waals surface area contributed by atoms with E-state index in [-0.39, 0.29) is 24.8 Å². The Hall–Kier alpha value is -3.16. The van der Waals surface area contributed by atoms with Gasteiger partial charge in [-0.1, -0.05) is 0 Å². The van der Waals surface area contributed by atoms with Crippen molar-refractivity contribution in [2.24, 2.45) is 0 Å². The molecule has 0 bridgehead atoms. The van der Waals surface area contributed by atoms with Gasteiger partial charge in [0, 0.05) is 18.2 Å². The van der Waals surface area contributed by atoms with Gasteiger partial charge in [-0.3, -0.25) is 9.59 Å². The first-order valence-corrected chi connectivity index (χ1v) is 7.46. The van der Waals surface area contributed by atoms with Gasteiger partial charge in [0.25, 0.3) is 5.91 Å². The number of ether oxygens (including phenoxy) is 3. The number of hydrogen-bond donors (Lipinski definition) is 2. The van der Waals surface area contributed by atoms with Crippen molar-refractivity contribution in [3.63, 3.8) is 0 Å². The van der Waals surface area contributed by atoms with E-state index in [9.17, 15) is 9.59 Å². The number of carbonyl (C=O) groups is 2. The zero-order valence-corrected chi connectivity index (χ0v) is 14.3. The number of rotatable bonds is 8. The molecular formula is C17H20N2O6. The molecule has 25 heavy (non-hydrogen) atoms. The van der Waals surface area contributed by atoms with Gasteiger partial charge in [-0.15, -0.1) is 0 Å². The van der Waals surface area contributed by atoms with E-state index in [4.69, 9.17) is 18.6 Å². The highest BCUT2D eigenvalue weighted by Gasteiger charge is 2.14. The predicted molar refractivity (Wildman–Crippen MR) is 89.0 cm³/mol. The van der Waals surface area contributed by atoms with Crippen molar-refractivity contribution in [1.29, 1.82) is 0 Å². The Labute approximate surface area is 145 Å². The van der Waals surface area contributed by atoms with Crippen molar-refractivity contribution in [3.8, 4) is 17.2 Å². The van der Waals surface area contributed by atoms with E-state index in [0.29, 0.717) is 22.8 Å². The lowest BCUT2D eigenvalue weighted by Crippen LogP contribution is -2.36. The Kier molecular flexibility index (Phi) is 6.27. The molecule has 2 N–H and O–H groups in total. The average molecular weight is 348 g/mol. The largest absolute Gasteiger partial charge is 0.496 e. The number of hydrogen-bond acceptors (Lipinski definition) is 6. The van der Waals surface area contributed by atoms with Crippen LogP contribution in [-0.4, -0.2) is 39.7 Å². The van der Waals surface area contributed by atoms with Gasteiger partial charge in [0.05, 0.1) is 34.1 Å². The van der Waals surface area contributed by atoms with Gasteiger partial charge in [-0.25, -0.2) is 0 Å². The number of nitrogens with one attached hydrogen (secondary N) is 2. The molecule has 1 heterocycles. The summed E-state index contributed by atoms with van der Waals surface area (Å²) in [6, 6.07) is 6.51. The summed E-state index contributed by atoms with van der Waals surface area (Å²) in [6.07, 6.45) is 1.39. The topological polar surface area (TPSA) is 99.0 Å². The summed E-state index contributed by atoms with van der Waals surface area (Å²) < 4.78 is 20.7. The third-order valence-corrected chi connectivity index (χ3v) is 3.42. The van der Waals surface area contributed by atoms with Crippen molar-refractivity contribution < 1.29 is 28.2 Å². The van der Waals surface area contributed by atoms with Crippen LogP contribution in [0.4, 0.5) is 0 Å². The molecule has 134 valence electrons. The predicted octanol–water partition coefficient (Wildman–Crippen LogP) is 1.35. The third-order valence-electron chi connectivity index (χ3n) is 3.42. The van der Waals surface area contributed by atoms with E-state index in [1.807, 2.05) is 0 Å². The molecule has 0 radical (unpaired) electrons. The minimum absolute atomic E-state index is 0.148. The third kappa shape index (κ3) is 4.66. The summed E-state index contributed by atoms with van der Waals surface area (Å²) in [6.45, 7) is 0.0358. The summed E-state index contributed by atoms with van der Waals surface area (Å²) in [5.41, 5.74) is 0.714. The van der Waals surface area contributed by atoms with Crippen LogP contribution in [0.25, 0.3) is 0 Å². The second kappa shape index (κ2) is 8.62. The summed E-state index contributed by atoms with van der Waals surface area (Å²) in [5, 5.41) is 5.17. The lowest BCUT2D eigenvalue weighted by molar-refractivity contribution is -0.120. The molecule has 0 saturated heterocycles. The van der Waals surface area contributed by atoms with Crippen molar-refractivity contribution in [1.82, 2.24) is 10.6 Å². The first kappa shape index (κ1) is 18.2. The van der Waals surface area contributed by atoms with Crippen LogP contribution in [0.15, 0.2) is 34.9 Å². The van der Waals surface area contributed by atoms with Crippen LogP contribution in [-0.2, 0) is 11.3 Å². The smallest absolute Gasteiger partial charge is 0.287 e.